The van der Waals surface area contributed by atoms with Gasteiger partial charge in [0.15, 0.2) is 0 Å². The summed E-state index contributed by atoms with van der Waals surface area (Å²) in [5.74, 6) is 0.773. The van der Waals surface area contributed by atoms with Crippen LogP contribution < -0.4 is 10.1 Å². The third-order valence-electron chi connectivity index (χ3n) is 4.43. The highest BCUT2D eigenvalue weighted by Crippen LogP contribution is 2.31. The van der Waals surface area contributed by atoms with Gasteiger partial charge in [-0.15, -0.1) is 6.58 Å². The minimum absolute atomic E-state index is 0.0357. The van der Waals surface area contributed by atoms with Gasteiger partial charge in [-0.2, -0.15) is 0 Å². The molecule has 0 bridgehead atoms. The van der Waals surface area contributed by atoms with Crippen LogP contribution in [0.2, 0.25) is 0 Å². The van der Waals surface area contributed by atoms with Crippen molar-refractivity contribution < 1.29 is 9.84 Å². The van der Waals surface area contributed by atoms with Crippen molar-refractivity contribution in [1.29, 1.82) is 0 Å². The molecular weight excluding hydrogens is 276 g/mol. The number of aliphatic hydroxyl groups excluding tert-OH is 1. The molecule has 4 nitrogen and oxygen atoms in total. The lowest BCUT2D eigenvalue weighted by atomic mass is 9.90. The molecule has 116 valence electrons. The molecule has 1 fully saturated rings. The smallest absolute Gasteiger partial charge is 0.119 e. The van der Waals surface area contributed by atoms with Gasteiger partial charge in [0.2, 0.25) is 0 Å². The molecule has 0 radical (unpaired) electrons. The summed E-state index contributed by atoms with van der Waals surface area (Å²) >= 11 is 0. The van der Waals surface area contributed by atoms with Gasteiger partial charge in [0.05, 0.1) is 18.7 Å². The van der Waals surface area contributed by atoms with Crippen LogP contribution in [0.15, 0.2) is 43.1 Å². The molecule has 3 rings (SSSR count). The van der Waals surface area contributed by atoms with Gasteiger partial charge in [-0.1, -0.05) is 6.08 Å². The molecule has 2 heterocycles. The van der Waals surface area contributed by atoms with Crippen molar-refractivity contribution in [2.24, 2.45) is 0 Å². The molecule has 22 heavy (non-hydrogen) atoms. The van der Waals surface area contributed by atoms with Gasteiger partial charge in [0, 0.05) is 23.7 Å². The van der Waals surface area contributed by atoms with Crippen LogP contribution in [0, 0.1) is 0 Å². The molecule has 1 aromatic heterocycles. The van der Waals surface area contributed by atoms with Crippen molar-refractivity contribution in [2.45, 2.75) is 37.5 Å². The second kappa shape index (κ2) is 6.46. The number of ether oxygens (including phenoxy) is 1. The van der Waals surface area contributed by atoms with Gasteiger partial charge in [-0.3, -0.25) is 4.98 Å². The normalized spacial score (nSPS) is 23.2. The van der Waals surface area contributed by atoms with Crippen LogP contribution in [0.4, 0.5) is 0 Å². The number of methoxy groups -OCH3 is 1. The van der Waals surface area contributed by atoms with Crippen LogP contribution in [0.25, 0.3) is 10.9 Å². The number of nitrogens with zero attached hydrogens (tertiary/aromatic N) is 1. The monoisotopic (exact) mass is 298 g/mol. The van der Waals surface area contributed by atoms with E-state index in [1.165, 1.54) is 0 Å². The molecule has 4 heteroatoms. The van der Waals surface area contributed by atoms with E-state index in [1.54, 1.807) is 13.3 Å². The zero-order chi connectivity index (χ0) is 15.5. The Kier molecular flexibility index (Phi) is 4.41. The summed E-state index contributed by atoms with van der Waals surface area (Å²) in [5, 5.41) is 15.3. The zero-order valence-corrected chi connectivity index (χ0v) is 12.8. The number of aromatic nitrogens is 1. The lowest BCUT2D eigenvalue weighted by Gasteiger charge is -2.33. The number of nitrogens with one attached hydrogen (secondary N) is 1. The first-order valence-electron chi connectivity index (χ1n) is 7.72. The van der Waals surface area contributed by atoms with Crippen LogP contribution in [-0.2, 0) is 0 Å². The van der Waals surface area contributed by atoms with Crippen molar-refractivity contribution in [1.82, 2.24) is 10.3 Å². The molecule has 1 aliphatic rings. The van der Waals surface area contributed by atoms with E-state index in [9.17, 15) is 5.11 Å². The lowest BCUT2D eigenvalue weighted by Crippen LogP contribution is -2.44. The minimum atomic E-state index is -0.569. The van der Waals surface area contributed by atoms with Gasteiger partial charge in [0.1, 0.15) is 5.75 Å². The highest BCUT2D eigenvalue weighted by atomic mass is 16.5. The first kappa shape index (κ1) is 15.0. The maximum Gasteiger partial charge on any atom is 0.119 e. The van der Waals surface area contributed by atoms with E-state index in [0.29, 0.717) is 0 Å². The maximum absolute atomic E-state index is 10.9. The van der Waals surface area contributed by atoms with E-state index in [2.05, 4.69) is 16.9 Å². The first-order chi connectivity index (χ1) is 10.7. The Balaban J connectivity index is 1.96. The zero-order valence-electron chi connectivity index (χ0n) is 12.8. The largest absolute Gasteiger partial charge is 0.497 e. The van der Waals surface area contributed by atoms with Crippen molar-refractivity contribution in [3.05, 3.63) is 48.7 Å². The second-order valence-corrected chi connectivity index (χ2v) is 5.77. The minimum Gasteiger partial charge on any atom is -0.497 e. The summed E-state index contributed by atoms with van der Waals surface area (Å²) in [5.41, 5.74) is 1.76. The van der Waals surface area contributed by atoms with E-state index in [-0.39, 0.29) is 12.1 Å². The Morgan fingerprint density at radius 1 is 1.41 bits per heavy atom. The number of fused-ring (bicyclic) bond motifs is 1. The van der Waals surface area contributed by atoms with Gasteiger partial charge in [0.25, 0.3) is 0 Å². The van der Waals surface area contributed by atoms with Crippen LogP contribution >= 0.6 is 0 Å². The average Bonchev–Trinajstić information content (AvgIpc) is 2.60. The average molecular weight is 298 g/mol. The molecule has 0 spiro atoms. The molecule has 0 saturated carbocycles. The Morgan fingerprint density at radius 3 is 3.05 bits per heavy atom. The Labute approximate surface area is 130 Å². The Bertz CT molecular complexity index is 671. The van der Waals surface area contributed by atoms with E-state index in [1.807, 2.05) is 30.3 Å². The highest BCUT2D eigenvalue weighted by molar-refractivity contribution is 5.83. The number of piperidine rings is 1. The van der Waals surface area contributed by atoms with Crippen LogP contribution in [-0.4, -0.2) is 29.3 Å². The number of aliphatic hydroxyl groups is 1. The Hall–Kier alpha value is -1.91. The summed E-state index contributed by atoms with van der Waals surface area (Å²) in [4.78, 5) is 4.37. The summed E-state index contributed by atoms with van der Waals surface area (Å²) < 4.78 is 5.30. The number of pyridine rings is 1. The summed E-state index contributed by atoms with van der Waals surface area (Å²) in [6.07, 6.45) is 6.24. The van der Waals surface area contributed by atoms with Gasteiger partial charge < -0.3 is 15.2 Å². The predicted octanol–water partition coefficient (Wildman–Crippen LogP) is 2.97. The molecule has 1 aromatic carbocycles. The molecule has 2 N–H and O–H groups in total. The van der Waals surface area contributed by atoms with Crippen molar-refractivity contribution >= 4 is 10.9 Å². The number of hydrogen-bond donors (Lipinski definition) is 2. The number of benzene rings is 1. The standard InChI is InChI=1S/C18H22N2O2/c1-3-12-5-4-6-17(20-12)18(21)14-9-10-19-16-8-7-13(22-2)11-15(14)16/h3,7-12,17-18,20-21H,1,4-6H2,2H3/t12-,17-,18+/m1/s1. The number of rotatable bonds is 4. The summed E-state index contributed by atoms with van der Waals surface area (Å²) in [6.45, 7) is 3.85. The third kappa shape index (κ3) is 2.85. The van der Waals surface area contributed by atoms with Crippen molar-refractivity contribution in [3.8, 4) is 5.75 Å². The molecule has 1 saturated heterocycles. The number of hydrogen-bond acceptors (Lipinski definition) is 4. The van der Waals surface area contributed by atoms with E-state index < -0.39 is 6.10 Å². The van der Waals surface area contributed by atoms with Crippen molar-refractivity contribution in [2.75, 3.05) is 7.11 Å². The van der Waals surface area contributed by atoms with Crippen LogP contribution in [0.1, 0.15) is 30.9 Å². The summed E-state index contributed by atoms with van der Waals surface area (Å²) in [6, 6.07) is 7.95. The van der Waals surface area contributed by atoms with Gasteiger partial charge >= 0.3 is 0 Å². The quantitative estimate of drug-likeness (QED) is 0.852. The first-order valence-corrected chi connectivity index (χ1v) is 7.72. The van der Waals surface area contributed by atoms with Crippen LogP contribution in [0.5, 0.6) is 5.75 Å². The fourth-order valence-electron chi connectivity index (χ4n) is 3.18. The molecule has 2 aromatic rings. The lowest BCUT2D eigenvalue weighted by molar-refractivity contribution is 0.108. The van der Waals surface area contributed by atoms with E-state index in [0.717, 1.165) is 41.5 Å². The highest BCUT2D eigenvalue weighted by Gasteiger charge is 2.27. The van der Waals surface area contributed by atoms with Crippen LogP contribution in [0.3, 0.4) is 0 Å². The molecule has 1 aliphatic heterocycles. The fourth-order valence-corrected chi connectivity index (χ4v) is 3.18. The SMILES string of the molecule is C=C[C@@H]1CCC[C@H]([C@@H](O)c2ccnc3ccc(OC)cc23)N1. The Morgan fingerprint density at radius 2 is 2.27 bits per heavy atom. The molecule has 0 amide bonds. The molecule has 0 aliphatic carbocycles. The molecular formula is C18H22N2O2. The molecule has 0 unspecified atom stereocenters. The van der Waals surface area contributed by atoms with E-state index in [4.69, 9.17) is 4.74 Å². The molecule has 3 atom stereocenters. The fraction of sp³-hybridized carbons (Fsp3) is 0.389. The predicted molar refractivity (Wildman–Crippen MR) is 88.0 cm³/mol. The topological polar surface area (TPSA) is 54.4 Å². The summed E-state index contributed by atoms with van der Waals surface area (Å²) in [7, 11) is 1.64. The van der Waals surface area contributed by atoms with E-state index >= 15 is 0 Å². The van der Waals surface area contributed by atoms with Gasteiger partial charge in [-0.05, 0) is 49.1 Å². The second-order valence-electron chi connectivity index (χ2n) is 5.77. The third-order valence-corrected chi connectivity index (χ3v) is 4.43. The van der Waals surface area contributed by atoms with Gasteiger partial charge in [-0.25, -0.2) is 0 Å². The maximum atomic E-state index is 10.9. The van der Waals surface area contributed by atoms with Crippen molar-refractivity contribution in [3.63, 3.8) is 0 Å².